The number of hydrogen-bond donors (Lipinski definition) is 0. The average molecular weight is 1070 g/mol. The first-order valence-electron chi connectivity index (χ1n) is 28.5. The summed E-state index contributed by atoms with van der Waals surface area (Å²) >= 11 is 0. The van der Waals surface area contributed by atoms with Gasteiger partial charge in [0.05, 0.1) is 22.3 Å². The summed E-state index contributed by atoms with van der Waals surface area (Å²) in [5, 5.41) is 0. The number of rotatable bonds is 30. The molecular weight excluding hydrogens is 995 g/mol. The topological polar surface area (TPSA) is 105 Å². The highest BCUT2D eigenvalue weighted by atomic mass is 19.1. The smallest absolute Gasteiger partial charge is 0.346 e. The van der Waals surface area contributed by atoms with Crippen LogP contribution < -0.4 is 18.9 Å². The minimum Gasteiger partial charge on any atom is -0.423 e. The van der Waals surface area contributed by atoms with E-state index >= 15 is 8.78 Å². The Bertz CT molecular complexity index is 2870. The Hall–Kier alpha value is -7.72. The molecule has 0 radical (unpaired) electrons. The van der Waals surface area contributed by atoms with Gasteiger partial charge in [-0.2, -0.15) is 0 Å². The molecule has 0 saturated heterocycles. The third kappa shape index (κ3) is 18.2. The Morgan fingerprint density at radius 1 is 0.354 bits per heavy atom. The summed E-state index contributed by atoms with van der Waals surface area (Å²) in [6.07, 6.45) is 25.5. The maximum atomic E-state index is 15.4. The molecule has 7 rings (SSSR count). The van der Waals surface area contributed by atoms with Gasteiger partial charge in [0.2, 0.25) is 0 Å². The van der Waals surface area contributed by atoms with Crippen LogP contribution in [0, 0.1) is 18.6 Å². The van der Waals surface area contributed by atoms with Gasteiger partial charge in [0.1, 0.15) is 34.6 Å². The molecule has 0 saturated carbocycles. The molecule has 79 heavy (non-hydrogen) atoms. The van der Waals surface area contributed by atoms with Crippen LogP contribution in [0.1, 0.15) is 188 Å². The van der Waals surface area contributed by atoms with E-state index in [4.69, 9.17) is 18.9 Å². The highest BCUT2D eigenvalue weighted by Crippen LogP contribution is 2.31. The third-order valence-corrected chi connectivity index (χ3v) is 14.3. The Kier molecular flexibility index (Phi) is 23.1. The summed E-state index contributed by atoms with van der Waals surface area (Å²) < 4.78 is 52.7. The number of carbonyl (C=O) groups is 4. The number of benzene rings is 7. The summed E-state index contributed by atoms with van der Waals surface area (Å²) in [6.45, 7) is 6.00. The number of unbranched alkanes of at least 4 members (excludes halogenated alkanes) is 16. The summed E-state index contributed by atoms with van der Waals surface area (Å²) in [4.78, 5) is 52.5. The Balaban J connectivity index is 0.847. The first-order valence-corrected chi connectivity index (χ1v) is 28.5. The molecule has 0 unspecified atom stereocenters. The molecule has 10 heteroatoms. The molecule has 412 valence electrons. The van der Waals surface area contributed by atoms with Crippen LogP contribution in [0.15, 0.2) is 152 Å². The zero-order valence-electron chi connectivity index (χ0n) is 46.1. The van der Waals surface area contributed by atoms with Gasteiger partial charge in [-0.25, -0.2) is 28.0 Å². The van der Waals surface area contributed by atoms with E-state index in [0.717, 1.165) is 59.4 Å². The molecule has 0 bridgehead atoms. The number of halogens is 2. The Labute approximate surface area is 465 Å². The van der Waals surface area contributed by atoms with Crippen LogP contribution >= 0.6 is 0 Å². The minimum atomic E-state index is -1.06. The zero-order chi connectivity index (χ0) is 55.8. The molecule has 0 aliphatic carbocycles. The van der Waals surface area contributed by atoms with Crippen LogP contribution in [0.5, 0.6) is 23.0 Å². The monoisotopic (exact) mass is 1070 g/mol. The maximum Gasteiger partial charge on any atom is 0.346 e. The SMILES string of the molecule is CCCCCCCCCCCc1ccc(-c2ccc(C(=O)Oc3ccc(C(=O)Oc4cccc(OC(=O)c5ccc(OC(=O)c6ccc(-c7ccc(CCCCCCCCCCC)cc7)cc6)cc5F)c4C)c(F)c3)cc2)cc1. The van der Waals surface area contributed by atoms with E-state index in [0.29, 0.717) is 0 Å². The van der Waals surface area contributed by atoms with Crippen molar-refractivity contribution in [2.75, 3.05) is 0 Å². The summed E-state index contributed by atoms with van der Waals surface area (Å²) in [5.41, 5.74) is 6.37. The van der Waals surface area contributed by atoms with Crippen molar-refractivity contribution >= 4 is 23.9 Å². The molecule has 0 aliphatic heterocycles. The highest BCUT2D eigenvalue weighted by molar-refractivity contribution is 5.95. The van der Waals surface area contributed by atoms with Crippen molar-refractivity contribution in [1.82, 2.24) is 0 Å². The standard InChI is InChI=1S/C69H74F2O8/c1-4-6-8-10-12-14-16-18-20-23-50-27-31-52(32-28-50)54-35-39-56(40-36-54)66(72)76-58-43-45-60(62(70)47-58)68(74)78-64-25-22-26-65(49(64)3)79-69(75)61-46-44-59(48-63(61)71)77-67(73)57-41-37-55(38-42-57)53-33-29-51(30-34-53)24-21-19-17-15-13-11-9-7-5-2/h22,25-48H,4-21,23-24H2,1-3H3. The predicted octanol–water partition coefficient (Wildman–Crippen LogP) is 18.6. The molecule has 0 spiro atoms. The molecule has 0 atom stereocenters. The highest BCUT2D eigenvalue weighted by Gasteiger charge is 2.22. The van der Waals surface area contributed by atoms with Crippen LogP contribution in [0.25, 0.3) is 22.3 Å². The lowest BCUT2D eigenvalue weighted by Gasteiger charge is -2.13. The van der Waals surface area contributed by atoms with Crippen LogP contribution in [0.2, 0.25) is 0 Å². The predicted molar refractivity (Wildman–Crippen MR) is 309 cm³/mol. The summed E-state index contributed by atoms with van der Waals surface area (Å²) in [7, 11) is 0. The maximum absolute atomic E-state index is 15.4. The van der Waals surface area contributed by atoms with Gasteiger partial charge in [-0.05, 0) is 127 Å². The molecule has 0 heterocycles. The van der Waals surface area contributed by atoms with Crippen molar-refractivity contribution in [1.29, 1.82) is 0 Å². The van der Waals surface area contributed by atoms with Gasteiger partial charge in [-0.3, -0.25) is 0 Å². The van der Waals surface area contributed by atoms with Crippen LogP contribution in [-0.2, 0) is 12.8 Å². The van der Waals surface area contributed by atoms with Crippen LogP contribution in [0.3, 0.4) is 0 Å². The molecular formula is C69H74F2O8. The first-order chi connectivity index (χ1) is 38.5. The van der Waals surface area contributed by atoms with Gasteiger partial charge in [-0.15, -0.1) is 0 Å². The second-order valence-electron chi connectivity index (χ2n) is 20.4. The lowest BCUT2D eigenvalue weighted by atomic mass is 10.00. The Morgan fingerprint density at radius 3 is 1.00 bits per heavy atom. The summed E-state index contributed by atoms with van der Waals surface area (Å²) in [6, 6.07) is 41.8. The molecule has 0 N–H and O–H groups in total. The second-order valence-corrected chi connectivity index (χ2v) is 20.4. The number of hydrogen-bond acceptors (Lipinski definition) is 8. The van der Waals surface area contributed by atoms with E-state index in [1.165, 1.54) is 164 Å². The number of ether oxygens (including phenoxy) is 4. The van der Waals surface area contributed by atoms with E-state index < -0.39 is 46.6 Å². The fraction of sp³-hybridized carbons (Fsp3) is 0.333. The van der Waals surface area contributed by atoms with Gasteiger partial charge in [0.15, 0.2) is 0 Å². The van der Waals surface area contributed by atoms with Gasteiger partial charge >= 0.3 is 23.9 Å². The molecule has 0 aliphatic rings. The van der Waals surface area contributed by atoms with E-state index in [2.05, 4.69) is 62.4 Å². The molecule has 0 aromatic heterocycles. The van der Waals surface area contributed by atoms with E-state index in [-0.39, 0.29) is 39.7 Å². The molecule has 0 amide bonds. The van der Waals surface area contributed by atoms with Gasteiger partial charge in [0.25, 0.3) is 0 Å². The summed E-state index contributed by atoms with van der Waals surface area (Å²) in [5.74, 6) is -5.85. The molecule has 7 aromatic rings. The minimum absolute atomic E-state index is 0.0491. The van der Waals surface area contributed by atoms with E-state index in [9.17, 15) is 19.2 Å². The van der Waals surface area contributed by atoms with Crippen molar-refractivity contribution in [3.8, 4) is 45.3 Å². The number of esters is 4. The van der Waals surface area contributed by atoms with E-state index in [1.54, 1.807) is 24.3 Å². The normalized spacial score (nSPS) is 11.1. The second kappa shape index (κ2) is 31.0. The number of aryl methyl sites for hydroxylation is 2. The molecule has 8 nitrogen and oxygen atoms in total. The quantitative estimate of drug-likeness (QED) is 0.0249. The number of carbonyl (C=O) groups excluding carboxylic acids is 4. The van der Waals surface area contributed by atoms with Crippen LogP contribution in [0.4, 0.5) is 8.78 Å². The van der Waals surface area contributed by atoms with Crippen molar-refractivity contribution in [3.05, 3.63) is 202 Å². The zero-order valence-corrected chi connectivity index (χ0v) is 46.1. The van der Waals surface area contributed by atoms with Crippen LogP contribution in [-0.4, -0.2) is 23.9 Å². The lowest BCUT2D eigenvalue weighted by Crippen LogP contribution is -2.14. The van der Waals surface area contributed by atoms with Crippen molar-refractivity contribution in [2.45, 2.75) is 149 Å². The van der Waals surface area contributed by atoms with Crippen molar-refractivity contribution < 1.29 is 46.9 Å². The van der Waals surface area contributed by atoms with Gasteiger partial charge < -0.3 is 18.9 Å². The molecule has 0 fully saturated rings. The third-order valence-electron chi connectivity index (χ3n) is 14.3. The Morgan fingerprint density at radius 2 is 0.671 bits per heavy atom. The largest absolute Gasteiger partial charge is 0.423 e. The first kappa shape index (κ1) is 59.0. The van der Waals surface area contributed by atoms with Crippen molar-refractivity contribution in [2.24, 2.45) is 0 Å². The fourth-order valence-electron chi connectivity index (χ4n) is 9.51. The lowest BCUT2D eigenvalue weighted by molar-refractivity contribution is 0.0719. The average Bonchev–Trinajstić information content (AvgIpc) is 3.46. The fourth-order valence-corrected chi connectivity index (χ4v) is 9.51. The van der Waals surface area contributed by atoms with E-state index in [1.807, 2.05) is 24.3 Å². The van der Waals surface area contributed by atoms with Gasteiger partial charge in [0, 0.05) is 17.7 Å². The molecule has 7 aromatic carbocycles. The van der Waals surface area contributed by atoms with Gasteiger partial charge in [-0.1, -0.05) is 195 Å². The van der Waals surface area contributed by atoms with Crippen molar-refractivity contribution in [3.63, 3.8) is 0 Å².